The van der Waals surface area contributed by atoms with Crippen LogP contribution in [0.15, 0.2) is 46.9 Å². The molecule has 5 nitrogen and oxygen atoms in total. The Morgan fingerprint density at radius 2 is 1.81 bits per heavy atom. The lowest BCUT2D eigenvalue weighted by Crippen LogP contribution is -2.43. The molecular formula is C21H21FN2O3. The summed E-state index contributed by atoms with van der Waals surface area (Å²) in [6, 6.07) is 12.0. The van der Waals surface area contributed by atoms with Gasteiger partial charge in [0.2, 0.25) is 0 Å². The highest BCUT2D eigenvalue weighted by Gasteiger charge is 2.17. The number of carbonyl (C=O) groups is 1. The van der Waals surface area contributed by atoms with Crippen LogP contribution >= 0.6 is 0 Å². The van der Waals surface area contributed by atoms with E-state index in [0.717, 1.165) is 44.4 Å². The minimum absolute atomic E-state index is 0.164. The summed E-state index contributed by atoms with van der Waals surface area (Å²) in [5, 5.41) is 9.71. The van der Waals surface area contributed by atoms with E-state index in [0.29, 0.717) is 11.1 Å². The molecule has 1 fully saturated rings. The van der Waals surface area contributed by atoms with E-state index in [1.54, 1.807) is 6.07 Å². The highest BCUT2D eigenvalue weighted by atomic mass is 19.1. The summed E-state index contributed by atoms with van der Waals surface area (Å²) in [6.45, 7) is 5.19. The zero-order chi connectivity index (χ0) is 19.0. The lowest BCUT2D eigenvalue weighted by atomic mass is 10.1. The van der Waals surface area contributed by atoms with Crippen LogP contribution in [0.3, 0.4) is 0 Å². The molecule has 140 valence electrons. The number of benzene rings is 2. The average Bonchev–Trinajstić information content (AvgIpc) is 3.07. The van der Waals surface area contributed by atoms with E-state index in [-0.39, 0.29) is 11.1 Å². The molecule has 27 heavy (non-hydrogen) atoms. The van der Waals surface area contributed by atoms with Gasteiger partial charge < -0.3 is 14.4 Å². The third-order valence-corrected chi connectivity index (χ3v) is 5.05. The van der Waals surface area contributed by atoms with Crippen molar-refractivity contribution in [3.05, 3.63) is 59.4 Å². The number of rotatable bonds is 4. The van der Waals surface area contributed by atoms with Crippen molar-refractivity contribution in [3.63, 3.8) is 0 Å². The molecule has 1 aliphatic rings. The monoisotopic (exact) mass is 368 g/mol. The second-order valence-corrected chi connectivity index (χ2v) is 7.06. The van der Waals surface area contributed by atoms with Crippen LogP contribution in [0.1, 0.15) is 15.9 Å². The van der Waals surface area contributed by atoms with Crippen molar-refractivity contribution in [2.45, 2.75) is 6.54 Å². The van der Waals surface area contributed by atoms with Crippen LogP contribution in [0.25, 0.3) is 22.3 Å². The van der Waals surface area contributed by atoms with E-state index < -0.39 is 11.8 Å². The van der Waals surface area contributed by atoms with Gasteiger partial charge in [-0.25, -0.2) is 9.18 Å². The van der Waals surface area contributed by atoms with E-state index in [1.165, 1.54) is 11.6 Å². The second kappa shape index (κ2) is 7.13. The lowest BCUT2D eigenvalue weighted by Gasteiger charge is -2.32. The average molecular weight is 368 g/mol. The van der Waals surface area contributed by atoms with E-state index in [2.05, 4.69) is 29.0 Å². The molecule has 6 heteroatoms. The first-order valence-electron chi connectivity index (χ1n) is 8.96. The van der Waals surface area contributed by atoms with E-state index in [1.807, 2.05) is 12.1 Å². The van der Waals surface area contributed by atoms with Crippen LogP contribution in [0, 0.1) is 5.82 Å². The molecule has 3 aromatic rings. The Kier molecular flexibility index (Phi) is 4.68. The van der Waals surface area contributed by atoms with E-state index in [9.17, 15) is 14.3 Å². The zero-order valence-electron chi connectivity index (χ0n) is 15.1. The maximum Gasteiger partial charge on any atom is 0.339 e. The molecule has 0 saturated carbocycles. The zero-order valence-corrected chi connectivity index (χ0v) is 15.1. The van der Waals surface area contributed by atoms with Crippen molar-refractivity contribution < 1.29 is 18.7 Å². The number of nitrogens with zero attached hydrogens (tertiary/aromatic N) is 2. The van der Waals surface area contributed by atoms with Crippen LogP contribution in [0.5, 0.6) is 0 Å². The van der Waals surface area contributed by atoms with Gasteiger partial charge in [0.25, 0.3) is 0 Å². The summed E-state index contributed by atoms with van der Waals surface area (Å²) in [4.78, 5) is 16.1. The topological polar surface area (TPSA) is 56.9 Å². The number of hydrogen-bond donors (Lipinski definition) is 1. The predicted octanol–water partition coefficient (Wildman–Crippen LogP) is 3.68. The normalized spacial score (nSPS) is 16.1. The number of carboxylic acid groups (broad SMARTS) is 1. The number of aromatic carboxylic acids is 1. The van der Waals surface area contributed by atoms with E-state index in [4.69, 9.17) is 4.42 Å². The van der Waals surface area contributed by atoms with Gasteiger partial charge in [-0.3, -0.25) is 4.90 Å². The molecule has 1 aromatic heterocycles. The van der Waals surface area contributed by atoms with Crippen molar-refractivity contribution in [2.24, 2.45) is 0 Å². The second-order valence-electron chi connectivity index (χ2n) is 7.06. The third kappa shape index (κ3) is 3.72. The molecule has 1 N–H and O–H groups in total. The van der Waals surface area contributed by atoms with Gasteiger partial charge in [0.05, 0.1) is 0 Å². The molecule has 2 aromatic carbocycles. The Labute approximate surface area is 156 Å². The fourth-order valence-corrected chi connectivity index (χ4v) is 3.46. The Morgan fingerprint density at radius 3 is 2.48 bits per heavy atom. The largest absolute Gasteiger partial charge is 0.478 e. The molecular weight excluding hydrogens is 347 g/mol. The number of hydrogen-bond acceptors (Lipinski definition) is 4. The number of halogens is 1. The minimum Gasteiger partial charge on any atom is -0.478 e. The van der Waals surface area contributed by atoms with Gasteiger partial charge in [-0.1, -0.05) is 24.3 Å². The van der Waals surface area contributed by atoms with Gasteiger partial charge in [0, 0.05) is 43.7 Å². The molecule has 0 radical (unpaired) electrons. The van der Waals surface area contributed by atoms with E-state index >= 15 is 0 Å². The van der Waals surface area contributed by atoms with Crippen LogP contribution < -0.4 is 0 Å². The van der Waals surface area contributed by atoms with Gasteiger partial charge in [0.1, 0.15) is 22.7 Å². The van der Waals surface area contributed by atoms with Crippen LogP contribution in [0.4, 0.5) is 4.39 Å². The molecule has 0 amide bonds. The molecule has 0 bridgehead atoms. The number of likely N-dealkylation sites (N-methyl/N-ethyl adjacent to an activating group) is 1. The molecule has 0 aliphatic carbocycles. The first-order chi connectivity index (χ1) is 13.0. The van der Waals surface area contributed by atoms with Crippen molar-refractivity contribution in [1.29, 1.82) is 0 Å². The Balaban J connectivity index is 1.57. The minimum atomic E-state index is -1.21. The standard InChI is InChI=1S/C21H21FN2O3/c1-23-6-8-24(9-7-23)13-14-2-4-15(5-3-14)19-11-16-10-17(22)12-18(21(25)26)20(16)27-19/h2-5,10-12H,6-9,13H2,1H3,(H,25,26). The van der Waals surface area contributed by atoms with Gasteiger partial charge >= 0.3 is 5.97 Å². The highest BCUT2D eigenvalue weighted by molar-refractivity contribution is 6.02. The Morgan fingerprint density at radius 1 is 1.11 bits per heavy atom. The maximum absolute atomic E-state index is 13.7. The lowest BCUT2D eigenvalue weighted by molar-refractivity contribution is 0.0697. The van der Waals surface area contributed by atoms with Gasteiger partial charge in [-0.2, -0.15) is 0 Å². The molecule has 0 spiro atoms. The Hall–Kier alpha value is -2.70. The summed E-state index contributed by atoms with van der Waals surface area (Å²) in [7, 11) is 2.14. The van der Waals surface area contributed by atoms with Crippen molar-refractivity contribution in [3.8, 4) is 11.3 Å². The summed E-state index contributed by atoms with van der Waals surface area (Å²) in [5.41, 5.74) is 2.09. The number of piperazine rings is 1. The van der Waals surface area contributed by atoms with Crippen LogP contribution in [-0.4, -0.2) is 54.1 Å². The van der Waals surface area contributed by atoms with Gasteiger partial charge in [-0.05, 0) is 30.8 Å². The number of fused-ring (bicyclic) bond motifs is 1. The fourth-order valence-electron chi connectivity index (χ4n) is 3.46. The van der Waals surface area contributed by atoms with Crippen molar-refractivity contribution >= 4 is 16.9 Å². The first kappa shape index (κ1) is 17.7. The van der Waals surface area contributed by atoms with Crippen molar-refractivity contribution in [1.82, 2.24) is 9.80 Å². The van der Waals surface area contributed by atoms with Crippen LogP contribution in [0.2, 0.25) is 0 Å². The molecule has 1 aliphatic heterocycles. The van der Waals surface area contributed by atoms with Gasteiger partial charge in [-0.15, -0.1) is 0 Å². The first-order valence-corrected chi connectivity index (χ1v) is 8.96. The summed E-state index contributed by atoms with van der Waals surface area (Å²) in [5.74, 6) is -1.26. The summed E-state index contributed by atoms with van der Waals surface area (Å²) >= 11 is 0. The molecule has 0 atom stereocenters. The fraction of sp³-hybridized carbons (Fsp3) is 0.286. The van der Waals surface area contributed by atoms with Crippen LogP contribution in [-0.2, 0) is 6.54 Å². The number of furan rings is 1. The molecule has 0 unspecified atom stereocenters. The molecule has 4 rings (SSSR count). The quantitative estimate of drug-likeness (QED) is 0.761. The third-order valence-electron chi connectivity index (χ3n) is 5.05. The highest BCUT2D eigenvalue weighted by Crippen LogP contribution is 2.31. The number of carboxylic acids is 1. The predicted molar refractivity (Wildman–Crippen MR) is 101 cm³/mol. The smallest absolute Gasteiger partial charge is 0.339 e. The summed E-state index contributed by atoms with van der Waals surface area (Å²) < 4.78 is 19.4. The van der Waals surface area contributed by atoms with Crippen molar-refractivity contribution in [2.75, 3.05) is 33.2 Å². The van der Waals surface area contributed by atoms with Gasteiger partial charge in [0.15, 0.2) is 0 Å². The Bertz CT molecular complexity index is 973. The maximum atomic E-state index is 13.7. The molecule has 1 saturated heterocycles. The SMILES string of the molecule is CN1CCN(Cc2ccc(-c3cc4cc(F)cc(C(=O)O)c4o3)cc2)CC1. The molecule has 2 heterocycles. The summed E-state index contributed by atoms with van der Waals surface area (Å²) in [6.07, 6.45) is 0.